The maximum absolute atomic E-state index is 9.73. The van der Waals surface area contributed by atoms with Gasteiger partial charge < -0.3 is 9.76 Å². The van der Waals surface area contributed by atoms with Crippen molar-refractivity contribution in [3.63, 3.8) is 0 Å². The Morgan fingerprint density at radius 2 is 1.50 bits per heavy atom. The summed E-state index contributed by atoms with van der Waals surface area (Å²) in [6.45, 7) is 12.3. The molecule has 0 aromatic carbocycles. The smallest absolute Gasteiger partial charge is 0.293 e. The molecule has 2 nitrogen and oxygen atoms in total. The average Bonchev–Trinajstić information content (AvgIpc) is 1.95. The first-order valence-electron chi connectivity index (χ1n) is 5.60. The highest BCUT2D eigenvalue weighted by atomic mass is 16.5. The maximum atomic E-state index is 9.73. The monoisotopic (exact) mass is 200 g/mol. The van der Waals surface area contributed by atoms with E-state index in [-0.39, 0.29) is 5.60 Å². The van der Waals surface area contributed by atoms with Crippen molar-refractivity contribution >= 4 is 6.92 Å². The zero-order valence-electron chi connectivity index (χ0n) is 10.6. The Morgan fingerprint density at radius 3 is 1.79 bits per heavy atom. The largest absolute Gasteiger partial charge is 0.431 e. The van der Waals surface area contributed by atoms with Crippen LogP contribution in [0.15, 0.2) is 0 Å². The SMILES string of the molecule is CCB(CC)OC(C)(C)CC(C)(C)O. The third kappa shape index (κ3) is 6.44. The summed E-state index contributed by atoms with van der Waals surface area (Å²) < 4.78 is 5.95. The van der Waals surface area contributed by atoms with Crippen LogP contribution < -0.4 is 0 Å². The van der Waals surface area contributed by atoms with Gasteiger partial charge in [-0.05, 0) is 27.7 Å². The molecule has 0 atom stereocenters. The molecule has 0 saturated heterocycles. The molecule has 0 rings (SSSR count). The quantitative estimate of drug-likeness (QED) is 0.668. The normalized spacial score (nSPS) is 13.1. The summed E-state index contributed by atoms with van der Waals surface area (Å²) in [6, 6.07) is 0. The van der Waals surface area contributed by atoms with Crippen molar-refractivity contribution in [1.82, 2.24) is 0 Å². The van der Waals surface area contributed by atoms with E-state index in [1.807, 2.05) is 27.7 Å². The molecular formula is C11H25BO2. The first-order valence-corrected chi connectivity index (χ1v) is 5.60. The molecule has 0 aromatic heterocycles. The van der Waals surface area contributed by atoms with Crippen molar-refractivity contribution in [2.24, 2.45) is 0 Å². The Morgan fingerprint density at radius 1 is 1.07 bits per heavy atom. The molecule has 14 heavy (non-hydrogen) atoms. The Balaban J connectivity index is 4.18. The van der Waals surface area contributed by atoms with Crippen molar-refractivity contribution in [3.05, 3.63) is 0 Å². The lowest BCUT2D eigenvalue weighted by atomic mass is 9.62. The standard InChI is InChI=1S/C11H25BO2/c1-7-12(8-2)14-11(5,6)9-10(3,4)13/h13H,7-9H2,1-6H3. The van der Waals surface area contributed by atoms with E-state index in [9.17, 15) is 5.11 Å². The van der Waals surface area contributed by atoms with Gasteiger partial charge in [-0.2, -0.15) is 0 Å². The van der Waals surface area contributed by atoms with Crippen LogP contribution in [-0.2, 0) is 4.65 Å². The minimum atomic E-state index is -0.657. The second-order valence-electron chi connectivity index (χ2n) is 5.31. The van der Waals surface area contributed by atoms with Gasteiger partial charge in [0.1, 0.15) is 0 Å². The van der Waals surface area contributed by atoms with Crippen LogP contribution >= 0.6 is 0 Å². The number of aliphatic hydroxyl groups is 1. The predicted molar refractivity (Wildman–Crippen MR) is 62.8 cm³/mol. The molecule has 0 spiro atoms. The van der Waals surface area contributed by atoms with Gasteiger partial charge >= 0.3 is 0 Å². The molecule has 0 aromatic rings. The summed E-state index contributed by atoms with van der Waals surface area (Å²) in [5.74, 6) is 0. The molecule has 0 aliphatic carbocycles. The lowest BCUT2D eigenvalue weighted by Crippen LogP contribution is -2.39. The molecule has 3 heteroatoms. The zero-order valence-corrected chi connectivity index (χ0v) is 10.6. The van der Waals surface area contributed by atoms with E-state index < -0.39 is 5.60 Å². The topological polar surface area (TPSA) is 29.5 Å². The summed E-state index contributed by atoms with van der Waals surface area (Å²) >= 11 is 0. The Hall–Kier alpha value is -0.0151. The van der Waals surface area contributed by atoms with E-state index in [1.54, 1.807) is 0 Å². The summed E-state index contributed by atoms with van der Waals surface area (Å²) in [6.07, 6.45) is 2.73. The van der Waals surface area contributed by atoms with Crippen LogP contribution in [0.2, 0.25) is 12.6 Å². The minimum Gasteiger partial charge on any atom is -0.431 e. The van der Waals surface area contributed by atoms with Crippen LogP contribution in [0, 0.1) is 0 Å². The molecule has 0 fully saturated rings. The van der Waals surface area contributed by atoms with Crippen LogP contribution in [0.4, 0.5) is 0 Å². The molecule has 0 bridgehead atoms. The number of rotatable bonds is 6. The van der Waals surface area contributed by atoms with E-state index in [0.717, 1.165) is 12.6 Å². The van der Waals surface area contributed by atoms with Gasteiger partial charge in [-0.1, -0.05) is 26.5 Å². The highest BCUT2D eigenvalue weighted by molar-refractivity contribution is 6.51. The van der Waals surface area contributed by atoms with Crippen molar-refractivity contribution in [2.45, 2.75) is 71.8 Å². The summed E-state index contributed by atoms with van der Waals surface area (Å²) in [4.78, 5) is 0. The van der Waals surface area contributed by atoms with E-state index in [4.69, 9.17) is 4.65 Å². The molecule has 0 unspecified atom stereocenters. The van der Waals surface area contributed by atoms with Gasteiger partial charge in [0.05, 0.1) is 5.60 Å². The summed E-state index contributed by atoms with van der Waals surface area (Å²) in [7, 11) is 0. The van der Waals surface area contributed by atoms with Crippen LogP contribution in [-0.4, -0.2) is 23.2 Å². The van der Waals surface area contributed by atoms with Crippen molar-refractivity contribution in [1.29, 1.82) is 0 Å². The van der Waals surface area contributed by atoms with Crippen LogP contribution in [0.25, 0.3) is 0 Å². The van der Waals surface area contributed by atoms with Crippen LogP contribution in [0.3, 0.4) is 0 Å². The third-order valence-corrected chi connectivity index (χ3v) is 2.25. The highest BCUT2D eigenvalue weighted by Gasteiger charge is 2.30. The van der Waals surface area contributed by atoms with E-state index in [0.29, 0.717) is 13.3 Å². The Labute approximate surface area is 89.2 Å². The van der Waals surface area contributed by atoms with E-state index in [1.165, 1.54) is 0 Å². The third-order valence-electron chi connectivity index (χ3n) is 2.25. The van der Waals surface area contributed by atoms with Crippen molar-refractivity contribution in [2.75, 3.05) is 0 Å². The zero-order chi connectivity index (χ0) is 11.4. The van der Waals surface area contributed by atoms with Gasteiger partial charge in [-0.15, -0.1) is 0 Å². The molecule has 84 valence electrons. The molecule has 0 aliphatic heterocycles. The minimum absolute atomic E-state index is 0.241. The Bertz CT molecular complexity index is 157. The summed E-state index contributed by atoms with van der Waals surface area (Å²) in [5, 5.41) is 9.73. The van der Waals surface area contributed by atoms with Crippen LogP contribution in [0.1, 0.15) is 48.0 Å². The first-order chi connectivity index (χ1) is 6.20. The summed E-state index contributed by atoms with van der Waals surface area (Å²) in [5.41, 5.74) is -0.898. The Kier molecular flexibility index (Phi) is 5.17. The average molecular weight is 200 g/mol. The highest BCUT2D eigenvalue weighted by Crippen LogP contribution is 2.25. The molecule has 0 saturated carbocycles. The van der Waals surface area contributed by atoms with E-state index >= 15 is 0 Å². The van der Waals surface area contributed by atoms with Crippen molar-refractivity contribution in [3.8, 4) is 0 Å². The maximum Gasteiger partial charge on any atom is 0.293 e. The number of hydrogen-bond donors (Lipinski definition) is 1. The van der Waals surface area contributed by atoms with Crippen LogP contribution in [0.5, 0.6) is 0 Å². The fraction of sp³-hybridized carbons (Fsp3) is 1.00. The molecule has 0 radical (unpaired) electrons. The van der Waals surface area contributed by atoms with Gasteiger partial charge in [0, 0.05) is 12.0 Å². The lowest BCUT2D eigenvalue weighted by molar-refractivity contribution is -0.0125. The van der Waals surface area contributed by atoms with Gasteiger partial charge in [-0.3, -0.25) is 0 Å². The fourth-order valence-electron chi connectivity index (χ4n) is 1.99. The van der Waals surface area contributed by atoms with Crippen molar-refractivity contribution < 1.29 is 9.76 Å². The first kappa shape index (κ1) is 14.0. The predicted octanol–water partition coefficient (Wildman–Crippen LogP) is 2.97. The number of hydrogen-bond acceptors (Lipinski definition) is 2. The molecule has 0 amide bonds. The second kappa shape index (κ2) is 5.17. The van der Waals surface area contributed by atoms with Gasteiger partial charge in [0.2, 0.25) is 0 Å². The molecule has 0 aliphatic rings. The molecular weight excluding hydrogens is 175 g/mol. The van der Waals surface area contributed by atoms with E-state index in [2.05, 4.69) is 13.8 Å². The van der Waals surface area contributed by atoms with Gasteiger partial charge in [-0.25, -0.2) is 0 Å². The van der Waals surface area contributed by atoms with Gasteiger partial charge in [0.25, 0.3) is 6.92 Å². The second-order valence-corrected chi connectivity index (χ2v) is 5.31. The molecule has 0 heterocycles. The van der Waals surface area contributed by atoms with Gasteiger partial charge in [0.15, 0.2) is 0 Å². The fourth-order valence-corrected chi connectivity index (χ4v) is 1.99. The molecule has 1 N–H and O–H groups in total. The lowest BCUT2D eigenvalue weighted by Gasteiger charge is -2.34.